The Morgan fingerprint density at radius 3 is 2.41 bits per heavy atom. The molecule has 4 aromatic rings. The van der Waals surface area contributed by atoms with E-state index in [1.165, 1.54) is 0 Å². The SMILES string of the molecule is COc1cc(/C=C/c2cccc(-c3cccc(NC(=O)c4ccc(CN5CC[C@@H](O)C5)cn4)c3C)c2C#N)c(C)cc1CN1CC[C@@H](C(=O)O)C1. The molecule has 2 fully saturated rings. The first-order valence-electron chi connectivity index (χ1n) is 17.2. The molecule has 51 heavy (non-hydrogen) atoms. The number of ether oxygens (including phenoxy) is 1. The van der Waals surface area contributed by atoms with Gasteiger partial charge in [0, 0.05) is 55.7 Å². The topological polar surface area (TPSA) is 139 Å². The number of nitriles is 1. The van der Waals surface area contributed by atoms with Crippen molar-refractivity contribution in [1.29, 1.82) is 5.26 Å². The molecule has 262 valence electrons. The number of pyridine rings is 1. The number of benzene rings is 3. The van der Waals surface area contributed by atoms with E-state index in [2.05, 4.69) is 32.2 Å². The molecular weight excluding hydrogens is 642 g/mol. The molecule has 2 atom stereocenters. The first kappa shape index (κ1) is 35.5. The second-order valence-electron chi connectivity index (χ2n) is 13.5. The van der Waals surface area contributed by atoms with Crippen LogP contribution in [0.25, 0.3) is 23.3 Å². The average Bonchev–Trinajstić information content (AvgIpc) is 3.77. The number of nitrogens with one attached hydrogen (secondary N) is 1. The third-order valence-corrected chi connectivity index (χ3v) is 9.92. The Hall–Kier alpha value is -5.34. The minimum atomic E-state index is -0.747. The smallest absolute Gasteiger partial charge is 0.307 e. The van der Waals surface area contributed by atoms with Crippen LogP contribution in [0.3, 0.4) is 0 Å². The number of hydrogen-bond acceptors (Lipinski definition) is 8. The highest BCUT2D eigenvalue weighted by atomic mass is 16.5. The van der Waals surface area contributed by atoms with Gasteiger partial charge in [0.25, 0.3) is 5.91 Å². The van der Waals surface area contributed by atoms with Gasteiger partial charge in [-0.25, -0.2) is 0 Å². The van der Waals surface area contributed by atoms with Gasteiger partial charge in [0.15, 0.2) is 0 Å². The molecule has 0 unspecified atom stereocenters. The normalized spacial score (nSPS) is 17.9. The number of nitrogens with zero attached hydrogens (tertiary/aromatic N) is 4. The highest BCUT2D eigenvalue weighted by Crippen LogP contribution is 2.34. The van der Waals surface area contributed by atoms with E-state index in [0.717, 1.165) is 69.8 Å². The summed E-state index contributed by atoms with van der Waals surface area (Å²) >= 11 is 0. The largest absolute Gasteiger partial charge is 0.496 e. The predicted molar refractivity (Wildman–Crippen MR) is 197 cm³/mol. The molecule has 2 aliphatic heterocycles. The summed E-state index contributed by atoms with van der Waals surface area (Å²) in [5.74, 6) is -0.672. The predicted octanol–water partition coefficient (Wildman–Crippen LogP) is 6.14. The third-order valence-electron chi connectivity index (χ3n) is 9.92. The Balaban J connectivity index is 1.19. The third kappa shape index (κ3) is 8.18. The van der Waals surface area contributed by atoms with Gasteiger partial charge in [0.2, 0.25) is 0 Å². The number of rotatable bonds is 11. The molecule has 1 amide bonds. The van der Waals surface area contributed by atoms with Crippen molar-refractivity contribution in [2.45, 2.75) is 45.9 Å². The van der Waals surface area contributed by atoms with Crippen molar-refractivity contribution < 1.29 is 24.5 Å². The summed E-state index contributed by atoms with van der Waals surface area (Å²) in [4.78, 5) is 33.4. The second kappa shape index (κ2) is 15.7. The maximum Gasteiger partial charge on any atom is 0.307 e. The minimum Gasteiger partial charge on any atom is -0.496 e. The Morgan fingerprint density at radius 2 is 1.73 bits per heavy atom. The van der Waals surface area contributed by atoms with Crippen LogP contribution in [0.15, 0.2) is 66.9 Å². The first-order valence-corrected chi connectivity index (χ1v) is 17.2. The van der Waals surface area contributed by atoms with Gasteiger partial charge in [0.1, 0.15) is 17.5 Å². The molecular formula is C41H43N5O5. The van der Waals surface area contributed by atoms with E-state index in [-0.39, 0.29) is 17.9 Å². The van der Waals surface area contributed by atoms with Crippen molar-refractivity contribution in [3.05, 3.63) is 111 Å². The quantitative estimate of drug-likeness (QED) is 0.159. The highest BCUT2D eigenvalue weighted by molar-refractivity contribution is 6.04. The van der Waals surface area contributed by atoms with Crippen LogP contribution in [0.5, 0.6) is 5.75 Å². The van der Waals surface area contributed by atoms with Crippen molar-refractivity contribution >= 4 is 29.7 Å². The number of carbonyl (C=O) groups is 2. The number of likely N-dealkylation sites (tertiary alicyclic amines) is 2. The Labute approximate surface area is 298 Å². The first-order chi connectivity index (χ1) is 24.6. The van der Waals surface area contributed by atoms with Gasteiger partial charge in [-0.3, -0.25) is 24.4 Å². The lowest BCUT2D eigenvalue weighted by molar-refractivity contribution is -0.141. The molecule has 2 aliphatic rings. The van der Waals surface area contributed by atoms with E-state index >= 15 is 0 Å². The average molecular weight is 686 g/mol. The number of aromatic nitrogens is 1. The van der Waals surface area contributed by atoms with Crippen LogP contribution >= 0.6 is 0 Å². The maximum atomic E-state index is 13.2. The number of aliphatic carboxylic acids is 1. The van der Waals surface area contributed by atoms with Crippen LogP contribution in [0.1, 0.15) is 62.3 Å². The molecule has 10 heteroatoms. The number of β-amino-alcohol motifs (C(OH)–C–C–N with tert-alkyl or cyclic N) is 1. The standard InChI is InChI=1S/C41H43N5O5/c1-26-18-32(24-46-16-14-31(23-46)41(49)50)39(51-3)19-30(26)12-11-29-6-4-8-35(36(29)20-42)34-7-5-9-37(27(34)2)44-40(48)38-13-10-28(21-43-38)22-45-17-15-33(47)25-45/h4-13,18-19,21,31,33,47H,14-17,22-25H2,1-3H3,(H,44,48)(H,49,50)/b12-11+/t31-,33-/m1/s1. The zero-order chi connectivity index (χ0) is 36.1. The van der Waals surface area contributed by atoms with Crippen LogP contribution in [-0.2, 0) is 17.9 Å². The lowest BCUT2D eigenvalue weighted by Crippen LogP contribution is -2.23. The summed E-state index contributed by atoms with van der Waals surface area (Å²) in [5.41, 5.74) is 8.63. The zero-order valence-electron chi connectivity index (χ0n) is 29.2. The molecule has 3 N–H and O–H groups in total. The monoisotopic (exact) mass is 685 g/mol. The van der Waals surface area contributed by atoms with Crippen LogP contribution in [0, 0.1) is 31.1 Å². The number of carboxylic acids is 1. The fourth-order valence-corrected chi connectivity index (χ4v) is 7.03. The van der Waals surface area contributed by atoms with Crippen LogP contribution in [-0.4, -0.2) is 76.3 Å². The van der Waals surface area contributed by atoms with Crippen molar-refractivity contribution in [2.75, 3.05) is 38.6 Å². The zero-order valence-corrected chi connectivity index (χ0v) is 29.2. The van der Waals surface area contributed by atoms with Crippen molar-refractivity contribution in [3.8, 4) is 22.9 Å². The van der Waals surface area contributed by atoms with Gasteiger partial charge in [-0.15, -0.1) is 0 Å². The molecule has 0 bridgehead atoms. The van der Waals surface area contributed by atoms with Gasteiger partial charge in [-0.1, -0.05) is 54.6 Å². The van der Waals surface area contributed by atoms with Gasteiger partial charge in [-0.05, 0) is 84.8 Å². The Kier molecular flexibility index (Phi) is 10.9. The maximum absolute atomic E-state index is 13.2. The van der Waals surface area contributed by atoms with Crippen LogP contribution < -0.4 is 10.1 Å². The number of amides is 1. The van der Waals surface area contributed by atoms with Gasteiger partial charge < -0.3 is 20.3 Å². The van der Waals surface area contributed by atoms with Crippen molar-refractivity contribution in [1.82, 2.24) is 14.8 Å². The van der Waals surface area contributed by atoms with Crippen molar-refractivity contribution in [2.24, 2.45) is 5.92 Å². The number of aliphatic hydroxyl groups is 1. The molecule has 6 rings (SSSR count). The minimum absolute atomic E-state index is 0.285. The second-order valence-corrected chi connectivity index (χ2v) is 13.5. The molecule has 0 spiro atoms. The summed E-state index contributed by atoms with van der Waals surface area (Å²) in [5, 5.41) is 32.5. The molecule has 3 heterocycles. The lowest BCUT2D eigenvalue weighted by atomic mass is 9.92. The van der Waals surface area contributed by atoms with Gasteiger partial charge >= 0.3 is 5.97 Å². The number of hydrogen-bond donors (Lipinski definition) is 3. The summed E-state index contributed by atoms with van der Waals surface area (Å²) < 4.78 is 5.74. The van der Waals surface area contributed by atoms with Crippen LogP contribution in [0.2, 0.25) is 0 Å². The van der Waals surface area contributed by atoms with E-state index in [1.807, 2.05) is 74.5 Å². The van der Waals surface area contributed by atoms with Gasteiger partial charge in [-0.2, -0.15) is 5.26 Å². The van der Waals surface area contributed by atoms with E-state index in [9.17, 15) is 25.1 Å². The van der Waals surface area contributed by atoms with E-state index in [4.69, 9.17) is 4.74 Å². The molecule has 0 aliphatic carbocycles. The fraction of sp³-hybridized carbons (Fsp3) is 0.317. The Bertz CT molecular complexity index is 2000. The van der Waals surface area contributed by atoms with Crippen molar-refractivity contribution in [3.63, 3.8) is 0 Å². The summed E-state index contributed by atoms with van der Waals surface area (Å²) in [7, 11) is 1.64. The number of anilines is 1. The molecule has 0 radical (unpaired) electrons. The molecule has 2 saturated heterocycles. The van der Waals surface area contributed by atoms with E-state index < -0.39 is 5.97 Å². The van der Waals surface area contributed by atoms with E-state index in [0.29, 0.717) is 49.5 Å². The molecule has 0 saturated carbocycles. The number of carboxylic acid groups (broad SMARTS) is 1. The number of aryl methyl sites for hydroxylation is 1. The molecule has 3 aromatic carbocycles. The molecule has 10 nitrogen and oxygen atoms in total. The highest BCUT2D eigenvalue weighted by Gasteiger charge is 2.28. The Morgan fingerprint density at radius 1 is 0.980 bits per heavy atom. The fourth-order valence-electron chi connectivity index (χ4n) is 7.03. The number of aliphatic hydroxyl groups excluding tert-OH is 1. The molecule has 1 aromatic heterocycles. The van der Waals surface area contributed by atoms with E-state index in [1.54, 1.807) is 19.4 Å². The lowest BCUT2D eigenvalue weighted by Gasteiger charge is -2.19. The number of methoxy groups -OCH3 is 1. The summed E-state index contributed by atoms with van der Waals surface area (Å²) in [6.45, 7) is 8.00. The van der Waals surface area contributed by atoms with Gasteiger partial charge in [0.05, 0.1) is 24.7 Å². The van der Waals surface area contributed by atoms with Crippen LogP contribution in [0.4, 0.5) is 5.69 Å². The summed E-state index contributed by atoms with van der Waals surface area (Å²) in [6.07, 6.45) is 6.76. The summed E-state index contributed by atoms with van der Waals surface area (Å²) in [6, 6.07) is 21.5. The number of carbonyl (C=O) groups excluding carboxylic acids is 1.